The van der Waals surface area contributed by atoms with Crippen LogP contribution in [0.1, 0.15) is 37.7 Å². The number of methoxy groups -OCH3 is 1. The van der Waals surface area contributed by atoms with Gasteiger partial charge < -0.3 is 9.84 Å². The minimum atomic E-state index is -0.183. The maximum Gasteiger partial charge on any atom is 0.118 e. The highest BCUT2D eigenvalue weighted by molar-refractivity contribution is 5.27. The molecule has 0 spiro atoms. The van der Waals surface area contributed by atoms with Crippen molar-refractivity contribution in [2.45, 2.75) is 44.6 Å². The third-order valence-corrected chi connectivity index (χ3v) is 5.09. The topological polar surface area (TPSA) is 29.5 Å². The summed E-state index contributed by atoms with van der Waals surface area (Å²) in [6.07, 6.45) is 7.23. The molecule has 2 aliphatic carbocycles. The average molecular weight is 260 g/mol. The lowest BCUT2D eigenvalue weighted by molar-refractivity contribution is 0.124. The molecular formula is C17H24O2. The van der Waals surface area contributed by atoms with Gasteiger partial charge >= 0.3 is 0 Å². The number of ether oxygens (including phenoxy) is 1. The van der Waals surface area contributed by atoms with Crippen LogP contribution in [0, 0.1) is 17.8 Å². The predicted octanol–water partition coefficient (Wildman–Crippen LogP) is 3.42. The molecule has 0 heterocycles. The van der Waals surface area contributed by atoms with Gasteiger partial charge in [0.1, 0.15) is 5.75 Å². The molecule has 0 amide bonds. The summed E-state index contributed by atoms with van der Waals surface area (Å²) in [6, 6.07) is 8.06. The fourth-order valence-electron chi connectivity index (χ4n) is 4.13. The maximum absolute atomic E-state index is 10.3. The van der Waals surface area contributed by atoms with Crippen molar-refractivity contribution in [3.05, 3.63) is 29.8 Å². The SMILES string of the molecule is COc1ccc(CC(O)CC2CC3CCC2C3)cc1. The zero-order chi connectivity index (χ0) is 13.2. The van der Waals surface area contributed by atoms with Crippen molar-refractivity contribution >= 4 is 0 Å². The Kier molecular flexibility index (Phi) is 3.79. The van der Waals surface area contributed by atoms with E-state index >= 15 is 0 Å². The largest absolute Gasteiger partial charge is 0.497 e. The van der Waals surface area contributed by atoms with Crippen LogP contribution in [0.15, 0.2) is 24.3 Å². The molecule has 0 aliphatic heterocycles. The van der Waals surface area contributed by atoms with E-state index < -0.39 is 0 Å². The van der Waals surface area contributed by atoms with Gasteiger partial charge in [-0.05, 0) is 67.6 Å². The standard InChI is InChI=1S/C17H24O2/c1-19-17-6-3-12(4-7-17)10-16(18)11-15-9-13-2-5-14(15)8-13/h3-4,6-7,13-16,18H,2,5,8-11H2,1H3. The number of hydrogen-bond donors (Lipinski definition) is 1. The van der Waals surface area contributed by atoms with E-state index in [2.05, 4.69) is 12.1 Å². The summed E-state index contributed by atoms with van der Waals surface area (Å²) in [5.74, 6) is 3.55. The summed E-state index contributed by atoms with van der Waals surface area (Å²) >= 11 is 0. The van der Waals surface area contributed by atoms with Crippen LogP contribution in [0.4, 0.5) is 0 Å². The van der Waals surface area contributed by atoms with Gasteiger partial charge in [-0.15, -0.1) is 0 Å². The van der Waals surface area contributed by atoms with Crippen molar-refractivity contribution in [1.82, 2.24) is 0 Å². The van der Waals surface area contributed by atoms with Gasteiger partial charge in [-0.1, -0.05) is 18.6 Å². The summed E-state index contributed by atoms with van der Waals surface area (Å²) in [5, 5.41) is 10.3. The molecule has 1 aromatic rings. The smallest absolute Gasteiger partial charge is 0.118 e. The molecule has 104 valence electrons. The molecule has 0 saturated heterocycles. The van der Waals surface area contributed by atoms with Crippen LogP contribution in [0.25, 0.3) is 0 Å². The first-order chi connectivity index (χ1) is 9.24. The van der Waals surface area contributed by atoms with Gasteiger partial charge in [0, 0.05) is 0 Å². The average Bonchev–Trinajstić information content (AvgIpc) is 3.02. The van der Waals surface area contributed by atoms with E-state index in [0.717, 1.165) is 36.3 Å². The summed E-state index contributed by atoms with van der Waals surface area (Å²) in [6.45, 7) is 0. The van der Waals surface area contributed by atoms with E-state index in [9.17, 15) is 5.11 Å². The van der Waals surface area contributed by atoms with E-state index in [1.165, 1.54) is 31.2 Å². The second-order valence-corrected chi connectivity index (χ2v) is 6.38. The molecule has 3 rings (SSSR count). The number of aliphatic hydroxyl groups excluding tert-OH is 1. The van der Waals surface area contributed by atoms with Crippen LogP contribution in [0.3, 0.4) is 0 Å². The van der Waals surface area contributed by atoms with Gasteiger partial charge in [0.15, 0.2) is 0 Å². The zero-order valence-corrected chi connectivity index (χ0v) is 11.7. The Labute approximate surface area is 115 Å². The Morgan fingerprint density at radius 3 is 2.58 bits per heavy atom. The molecule has 2 saturated carbocycles. The number of aliphatic hydroxyl groups is 1. The fourth-order valence-corrected chi connectivity index (χ4v) is 4.13. The lowest BCUT2D eigenvalue weighted by Crippen LogP contribution is -2.20. The third-order valence-electron chi connectivity index (χ3n) is 5.09. The van der Waals surface area contributed by atoms with Gasteiger partial charge in [-0.3, -0.25) is 0 Å². The maximum atomic E-state index is 10.3. The number of rotatable bonds is 5. The highest BCUT2D eigenvalue weighted by Gasteiger charge is 2.39. The van der Waals surface area contributed by atoms with Crippen molar-refractivity contribution in [2.24, 2.45) is 17.8 Å². The van der Waals surface area contributed by atoms with Gasteiger partial charge in [0.25, 0.3) is 0 Å². The Bertz CT molecular complexity index is 412. The molecular weight excluding hydrogens is 236 g/mol. The Morgan fingerprint density at radius 2 is 2.00 bits per heavy atom. The van der Waals surface area contributed by atoms with Crippen LogP contribution in [0.5, 0.6) is 5.75 Å². The van der Waals surface area contributed by atoms with Crippen LogP contribution in [-0.2, 0) is 6.42 Å². The third kappa shape index (κ3) is 2.94. The molecule has 0 aromatic heterocycles. The zero-order valence-electron chi connectivity index (χ0n) is 11.7. The van der Waals surface area contributed by atoms with Crippen molar-refractivity contribution < 1.29 is 9.84 Å². The molecule has 2 bridgehead atoms. The summed E-state index contributed by atoms with van der Waals surface area (Å²) in [4.78, 5) is 0. The van der Waals surface area contributed by atoms with E-state index in [1.807, 2.05) is 12.1 Å². The van der Waals surface area contributed by atoms with Crippen molar-refractivity contribution in [3.8, 4) is 5.75 Å². The van der Waals surface area contributed by atoms with Crippen LogP contribution in [-0.4, -0.2) is 18.3 Å². The summed E-state index contributed by atoms with van der Waals surface area (Å²) in [5.41, 5.74) is 1.21. The lowest BCUT2D eigenvalue weighted by Gasteiger charge is -2.24. The second kappa shape index (κ2) is 5.54. The fraction of sp³-hybridized carbons (Fsp3) is 0.647. The first-order valence-electron chi connectivity index (χ1n) is 7.55. The minimum Gasteiger partial charge on any atom is -0.497 e. The Hall–Kier alpha value is -1.02. The van der Waals surface area contributed by atoms with E-state index in [-0.39, 0.29) is 6.10 Å². The molecule has 2 heteroatoms. The molecule has 1 aromatic carbocycles. The molecule has 2 aliphatic rings. The lowest BCUT2D eigenvalue weighted by atomic mass is 9.84. The quantitative estimate of drug-likeness (QED) is 0.879. The second-order valence-electron chi connectivity index (χ2n) is 6.38. The Morgan fingerprint density at radius 1 is 1.21 bits per heavy atom. The molecule has 19 heavy (non-hydrogen) atoms. The van der Waals surface area contributed by atoms with E-state index in [1.54, 1.807) is 7.11 Å². The van der Waals surface area contributed by atoms with E-state index in [0.29, 0.717) is 0 Å². The number of fused-ring (bicyclic) bond motifs is 2. The van der Waals surface area contributed by atoms with Gasteiger partial charge in [-0.25, -0.2) is 0 Å². The highest BCUT2D eigenvalue weighted by Crippen LogP contribution is 2.49. The first kappa shape index (κ1) is 13.0. The van der Waals surface area contributed by atoms with Gasteiger partial charge in [-0.2, -0.15) is 0 Å². The first-order valence-corrected chi connectivity index (χ1v) is 7.55. The van der Waals surface area contributed by atoms with Gasteiger partial charge in [0.05, 0.1) is 13.2 Å². The molecule has 1 N–H and O–H groups in total. The van der Waals surface area contributed by atoms with Crippen LogP contribution in [0.2, 0.25) is 0 Å². The molecule has 4 unspecified atom stereocenters. The number of benzene rings is 1. The van der Waals surface area contributed by atoms with Crippen molar-refractivity contribution in [3.63, 3.8) is 0 Å². The normalized spacial score (nSPS) is 30.5. The summed E-state index contributed by atoms with van der Waals surface area (Å²) in [7, 11) is 1.68. The molecule has 2 fully saturated rings. The Balaban J connectivity index is 1.51. The highest BCUT2D eigenvalue weighted by atomic mass is 16.5. The summed E-state index contributed by atoms with van der Waals surface area (Å²) < 4.78 is 5.15. The molecule has 0 radical (unpaired) electrons. The van der Waals surface area contributed by atoms with Crippen LogP contribution >= 0.6 is 0 Å². The molecule has 4 atom stereocenters. The van der Waals surface area contributed by atoms with E-state index in [4.69, 9.17) is 4.74 Å². The van der Waals surface area contributed by atoms with Crippen molar-refractivity contribution in [2.75, 3.05) is 7.11 Å². The predicted molar refractivity (Wildman–Crippen MR) is 76.3 cm³/mol. The number of hydrogen-bond acceptors (Lipinski definition) is 2. The van der Waals surface area contributed by atoms with Crippen molar-refractivity contribution in [1.29, 1.82) is 0 Å². The monoisotopic (exact) mass is 260 g/mol. The molecule has 2 nitrogen and oxygen atoms in total. The van der Waals surface area contributed by atoms with Crippen LogP contribution < -0.4 is 4.74 Å². The van der Waals surface area contributed by atoms with Gasteiger partial charge in [0.2, 0.25) is 0 Å². The minimum absolute atomic E-state index is 0.183.